The molecule has 1 aromatic rings. The van der Waals surface area contributed by atoms with Gasteiger partial charge in [-0.3, -0.25) is 0 Å². The van der Waals surface area contributed by atoms with Crippen LogP contribution in [0.25, 0.3) is 0 Å². The Morgan fingerprint density at radius 3 is 2.05 bits per heavy atom. The van der Waals surface area contributed by atoms with Crippen molar-refractivity contribution in [2.24, 2.45) is 0 Å². The first-order valence-corrected chi connectivity index (χ1v) is 7.73. The van der Waals surface area contributed by atoms with Crippen LogP contribution in [0.15, 0.2) is 30.3 Å². The van der Waals surface area contributed by atoms with Gasteiger partial charge in [0.1, 0.15) is 0 Å². The van der Waals surface area contributed by atoms with Crippen LogP contribution in [0.4, 0.5) is 0 Å². The van der Waals surface area contributed by atoms with Gasteiger partial charge in [-0.25, -0.2) is 0 Å². The molecule has 1 atom stereocenters. The molecule has 0 radical (unpaired) electrons. The monoisotopic (exact) mass is 263 g/mol. The summed E-state index contributed by atoms with van der Waals surface area (Å²) >= 11 is 0. The molecule has 0 saturated carbocycles. The van der Waals surface area contributed by atoms with E-state index >= 15 is 0 Å². The number of benzene rings is 1. The number of aliphatic hydroxyl groups is 1. The van der Waals surface area contributed by atoms with Crippen molar-refractivity contribution in [1.29, 1.82) is 0 Å². The molecule has 108 valence electrons. The molecular weight excluding hydrogens is 234 g/mol. The molecule has 19 heavy (non-hydrogen) atoms. The smallest absolute Gasteiger partial charge is 0.0802 e. The van der Waals surface area contributed by atoms with Gasteiger partial charge in [0.2, 0.25) is 0 Å². The Morgan fingerprint density at radius 1 is 0.947 bits per heavy atom. The third-order valence-corrected chi connectivity index (χ3v) is 3.56. The number of hydrogen-bond acceptors (Lipinski definition) is 2. The van der Waals surface area contributed by atoms with E-state index < -0.39 is 0 Å². The number of aliphatic hydroxyl groups excluding tert-OH is 1. The first-order chi connectivity index (χ1) is 9.27. The Labute approximate surface area is 118 Å². The van der Waals surface area contributed by atoms with E-state index in [0.717, 1.165) is 31.6 Å². The number of rotatable bonds is 10. The Morgan fingerprint density at radius 2 is 1.53 bits per heavy atom. The van der Waals surface area contributed by atoms with Gasteiger partial charge >= 0.3 is 0 Å². The summed E-state index contributed by atoms with van der Waals surface area (Å²) in [5.41, 5.74) is 1.04. The van der Waals surface area contributed by atoms with Crippen LogP contribution in [-0.4, -0.2) is 29.6 Å². The van der Waals surface area contributed by atoms with E-state index in [1.54, 1.807) is 0 Å². The van der Waals surface area contributed by atoms with Crippen LogP contribution in [0.2, 0.25) is 0 Å². The van der Waals surface area contributed by atoms with Crippen molar-refractivity contribution in [2.45, 2.75) is 52.1 Å². The van der Waals surface area contributed by atoms with Crippen LogP contribution in [0.3, 0.4) is 0 Å². The zero-order valence-corrected chi connectivity index (χ0v) is 12.5. The van der Waals surface area contributed by atoms with E-state index in [-0.39, 0.29) is 6.10 Å². The van der Waals surface area contributed by atoms with Crippen molar-refractivity contribution in [1.82, 2.24) is 4.90 Å². The van der Waals surface area contributed by atoms with E-state index in [4.69, 9.17) is 0 Å². The molecule has 1 N–H and O–H groups in total. The largest absolute Gasteiger partial charge is 0.388 e. The molecule has 0 aliphatic carbocycles. The molecule has 0 spiro atoms. The molecule has 0 aromatic heterocycles. The van der Waals surface area contributed by atoms with Gasteiger partial charge in [0, 0.05) is 6.54 Å². The molecule has 1 aromatic carbocycles. The predicted molar refractivity (Wildman–Crippen MR) is 82.3 cm³/mol. The molecule has 0 aliphatic rings. The van der Waals surface area contributed by atoms with E-state index in [9.17, 15) is 5.11 Å². The molecule has 0 heterocycles. The minimum atomic E-state index is -0.327. The standard InChI is InChI=1S/C17H29NO/c1-3-5-13-18(14-6-4-2)15-12-17(19)16-10-8-7-9-11-16/h7-11,17,19H,3-6,12-15H2,1-2H3/t17-/m0/s1. The maximum Gasteiger partial charge on any atom is 0.0802 e. The second kappa shape index (κ2) is 9.99. The second-order valence-corrected chi connectivity index (χ2v) is 5.26. The van der Waals surface area contributed by atoms with Crippen molar-refractivity contribution in [3.8, 4) is 0 Å². The fourth-order valence-corrected chi connectivity index (χ4v) is 2.25. The molecule has 0 amide bonds. The maximum atomic E-state index is 10.2. The lowest BCUT2D eigenvalue weighted by Crippen LogP contribution is -2.28. The molecule has 1 rings (SSSR count). The van der Waals surface area contributed by atoms with E-state index in [2.05, 4.69) is 18.7 Å². The molecule has 2 nitrogen and oxygen atoms in total. The fourth-order valence-electron chi connectivity index (χ4n) is 2.25. The van der Waals surface area contributed by atoms with Gasteiger partial charge in [0.25, 0.3) is 0 Å². The van der Waals surface area contributed by atoms with Crippen molar-refractivity contribution in [2.75, 3.05) is 19.6 Å². The highest BCUT2D eigenvalue weighted by Gasteiger charge is 2.10. The van der Waals surface area contributed by atoms with Gasteiger partial charge in [-0.2, -0.15) is 0 Å². The molecule has 2 heteroatoms. The van der Waals surface area contributed by atoms with Crippen LogP contribution < -0.4 is 0 Å². The minimum Gasteiger partial charge on any atom is -0.388 e. The average molecular weight is 263 g/mol. The normalized spacial score (nSPS) is 12.8. The highest BCUT2D eigenvalue weighted by atomic mass is 16.3. The van der Waals surface area contributed by atoms with Crippen molar-refractivity contribution < 1.29 is 5.11 Å². The lowest BCUT2D eigenvalue weighted by Gasteiger charge is -2.23. The molecule has 0 unspecified atom stereocenters. The summed E-state index contributed by atoms with van der Waals surface area (Å²) in [6.45, 7) is 7.79. The van der Waals surface area contributed by atoms with Gasteiger partial charge in [0.05, 0.1) is 6.10 Å². The van der Waals surface area contributed by atoms with E-state index in [0.29, 0.717) is 0 Å². The Hall–Kier alpha value is -0.860. The maximum absolute atomic E-state index is 10.2. The highest BCUT2D eigenvalue weighted by molar-refractivity contribution is 5.17. The molecule has 0 aliphatic heterocycles. The highest BCUT2D eigenvalue weighted by Crippen LogP contribution is 2.16. The van der Waals surface area contributed by atoms with Gasteiger partial charge in [-0.1, -0.05) is 57.0 Å². The zero-order valence-electron chi connectivity index (χ0n) is 12.5. The summed E-state index contributed by atoms with van der Waals surface area (Å²) in [7, 11) is 0. The van der Waals surface area contributed by atoms with Crippen LogP contribution in [0, 0.1) is 0 Å². The lowest BCUT2D eigenvalue weighted by atomic mass is 10.1. The molecule has 0 saturated heterocycles. The first kappa shape index (κ1) is 16.2. The Bertz CT molecular complexity index is 304. The molecular formula is C17H29NO. The van der Waals surface area contributed by atoms with Crippen LogP contribution in [0.1, 0.15) is 57.6 Å². The zero-order chi connectivity index (χ0) is 13.9. The quantitative estimate of drug-likeness (QED) is 0.689. The molecule has 0 bridgehead atoms. The average Bonchev–Trinajstić information content (AvgIpc) is 2.47. The summed E-state index contributed by atoms with van der Waals surface area (Å²) in [5, 5.41) is 10.2. The van der Waals surface area contributed by atoms with Crippen LogP contribution in [-0.2, 0) is 0 Å². The summed E-state index contributed by atoms with van der Waals surface area (Å²) in [5.74, 6) is 0. The SMILES string of the molecule is CCCCN(CCCC)CC[C@H](O)c1ccccc1. The molecule has 0 fully saturated rings. The number of hydrogen-bond donors (Lipinski definition) is 1. The fraction of sp³-hybridized carbons (Fsp3) is 0.647. The summed E-state index contributed by atoms with van der Waals surface area (Å²) in [4.78, 5) is 2.50. The topological polar surface area (TPSA) is 23.5 Å². The van der Waals surface area contributed by atoms with Gasteiger partial charge in [-0.15, -0.1) is 0 Å². The van der Waals surface area contributed by atoms with E-state index in [1.165, 1.54) is 25.7 Å². The van der Waals surface area contributed by atoms with Crippen molar-refractivity contribution >= 4 is 0 Å². The van der Waals surface area contributed by atoms with Crippen LogP contribution in [0.5, 0.6) is 0 Å². The van der Waals surface area contributed by atoms with Crippen molar-refractivity contribution in [3.63, 3.8) is 0 Å². The summed E-state index contributed by atoms with van der Waals surface area (Å²) < 4.78 is 0. The first-order valence-electron chi connectivity index (χ1n) is 7.73. The van der Waals surface area contributed by atoms with Crippen LogP contribution >= 0.6 is 0 Å². The Kier molecular flexibility index (Phi) is 8.52. The Balaban J connectivity index is 2.37. The lowest BCUT2D eigenvalue weighted by molar-refractivity contribution is 0.140. The van der Waals surface area contributed by atoms with Gasteiger partial charge < -0.3 is 10.0 Å². The van der Waals surface area contributed by atoms with Gasteiger partial charge in [0.15, 0.2) is 0 Å². The predicted octanol–water partition coefficient (Wildman–Crippen LogP) is 4.01. The number of nitrogens with zero attached hydrogens (tertiary/aromatic N) is 1. The van der Waals surface area contributed by atoms with Crippen molar-refractivity contribution in [3.05, 3.63) is 35.9 Å². The van der Waals surface area contributed by atoms with E-state index in [1.807, 2.05) is 30.3 Å². The minimum absolute atomic E-state index is 0.327. The third-order valence-electron chi connectivity index (χ3n) is 3.56. The van der Waals surface area contributed by atoms with Gasteiger partial charge in [-0.05, 0) is 37.9 Å². The third kappa shape index (κ3) is 6.74. The number of unbranched alkanes of at least 4 members (excludes halogenated alkanes) is 2. The second-order valence-electron chi connectivity index (χ2n) is 5.26. The summed E-state index contributed by atoms with van der Waals surface area (Å²) in [6.07, 6.45) is 5.49. The summed E-state index contributed by atoms with van der Waals surface area (Å²) in [6, 6.07) is 9.99.